The Balaban J connectivity index is 1.95. The van der Waals surface area contributed by atoms with Crippen molar-refractivity contribution in [3.63, 3.8) is 0 Å². The Hall–Kier alpha value is -1.46. The Bertz CT molecular complexity index is 531. The van der Waals surface area contributed by atoms with Crippen LogP contribution in [-0.2, 0) is 0 Å². The molecule has 2 rings (SSSR count). The molecule has 1 fully saturated rings. The van der Waals surface area contributed by atoms with Crippen molar-refractivity contribution in [3.05, 3.63) is 23.2 Å². The first kappa shape index (κ1) is 17.9. The lowest BCUT2D eigenvalue weighted by molar-refractivity contribution is 0.167. The molecule has 2 amide bonds. The number of hydrogen-bond donors (Lipinski definition) is 2. The second-order valence-electron chi connectivity index (χ2n) is 6.20. The maximum Gasteiger partial charge on any atom is 0.321 e. The van der Waals surface area contributed by atoms with E-state index < -0.39 is 6.10 Å². The van der Waals surface area contributed by atoms with Crippen molar-refractivity contribution >= 4 is 29.0 Å². The van der Waals surface area contributed by atoms with Crippen molar-refractivity contribution in [3.8, 4) is 0 Å². The number of carbonyl (C=O) groups excluding carboxylic acids is 1. The molecule has 0 bridgehead atoms. The molecule has 128 valence electrons. The maximum absolute atomic E-state index is 12.1. The zero-order chi connectivity index (χ0) is 16.8. The van der Waals surface area contributed by atoms with Crippen LogP contribution in [0.1, 0.15) is 32.6 Å². The van der Waals surface area contributed by atoms with Gasteiger partial charge in [0.05, 0.1) is 16.8 Å². The number of rotatable bonds is 5. The average Bonchev–Trinajstić information content (AvgIpc) is 2.53. The summed E-state index contributed by atoms with van der Waals surface area (Å²) in [5.74, 6) is 0. The first-order valence-electron chi connectivity index (χ1n) is 8.22. The predicted molar refractivity (Wildman–Crippen MR) is 95.5 cm³/mol. The molecule has 0 saturated carbocycles. The number of aliphatic hydroxyl groups is 1. The molecular weight excluding hydrogens is 314 g/mol. The van der Waals surface area contributed by atoms with Crippen LogP contribution in [0.4, 0.5) is 16.2 Å². The minimum Gasteiger partial charge on any atom is -0.393 e. The van der Waals surface area contributed by atoms with Gasteiger partial charge in [-0.3, -0.25) is 0 Å². The summed E-state index contributed by atoms with van der Waals surface area (Å²) in [4.78, 5) is 16.0. The van der Waals surface area contributed by atoms with Crippen LogP contribution in [0.2, 0.25) is 5.02 Å². The fourth-order valence-corrected chi connectivity index (χ4v) is 2.98. The van der Waals surface area contributed by atoms with E-state index in [-0.39, 0.29) is 6.03 Å². The lowest BCUT2D eigenvalue weighted by atomic mass is 10.1. The van der Waals surface area contributed by atoms with Gasteiger partial charge in [-0.05, 0) is 50.8 Å². The molecule has 0 spiro atoms. The Labute approximate surface area is 143 Å². The lowest BCUT2D eigenvalue weighted by Gasteiger charge is -2.29. The van der Waals surface area contributed by atoms with Gasteiger partial charge < -0.3 is 20.2 Å². The largest absolute Gasteiger partial charge is 0.393 e. The van der Waals surface area contributed by atoms with E-state index >= 15 is 0 Å². The van der Waals surface area contributed by atoms with Gasteiger partial charge in [-0.1, -0.05) is 11.6 Å². The van der Waals surface area contributed by atoms with E-state index in [1.165, 1.54) is 19.3 Å². The van der Waals surface area contributed by atoms with Crippen LogP contribution in [0.3, 0.4) is 0 Å². The zero-order valence-corrected chi connectivity index (χ0v) is 14.6. The van der Waals surface area contributed by atoms with Crippen molar-refractivity contribution in [2.24, 2.45) is 0 Å². The number of urea groups is 1. The Kier molecular flexibility index (Phi) is 6.54. The van der Waals surface area contributed by atoms with Crippen LogP contribution < -0.4 is 10.2 Å². The summed E-state index contributed by atoms with van der Waals surface area (Å²) in [6.45, 7) is 4.29. The molecule has 2 N–H and O–H groups in total. The summed E-state index contributed by atoms with van der Waals surface area (Å²) in [7, 11) is 1.71. The van der Waals surface area contributed by atoms with Gasteiger partial charge >= 0.3 is 6.03 Å². The number of nitrogens with zero attached hydrogens (tertiary/aromatic N) is 2. The van der Waals surface area contributed by atoms with Crippen LogP contribution in [0.5, 0.6) is 0 Å². The number of anilines is 2. The SMILES string of the molecule is CC(O)CCN(C)C(=O)Nc1ccc(N2CCCCC2)c(Cl)c1. The van der Waals surface area contributed by atoms with Gasteiger partial charge in [-0.2, -0.15) is 0 Å². The topological polar surface area (TPSA) is 55.8 Å². The van der Waals surface area contributed by atoms with Crippen LogP contribution in [-0.4, -0.2) is 48.8 Å². The van der Waals surface area contributed by atoms with E-state index in [1.807, 2.05) is 12.1 Å². The van der Waals surface area contributed by atoms with E-state index in [0.29, 0.717) is 23.7 Å². The number of carbonyl (C=O) groups is 1. The highest BCUT2D eigenvalue weighted by atomic mass is 35.5. The highest BCUT2D eigenvalue weighted by Gasteiger charge is 2.15. The van der Waals surface area contributed by atoms with E-state index in [0.717, 1.165) is 18.8 Å². The lowest BCUT2D eigenvalue weighted by Crippen LogP contribution is -2.33. The van der Waals surface area contributed by atoms with Gasteiger partial charge in [0, 0.05) is 32.4 Å². The molecule has 1 aliphatic heterocycles. The molecule has 23 heavy (non-hydrogen) atoms. The first-order chi connectivity index (χ1) is 11.0. The second kappa shape index (κ2) is 8.41. The molecule has 0 aromatic heterocycles. The van der Waals surface area contributed by atoms with Crippen molar-refractivity contribution in [2.75, 3.05) is 36.9 Å². The van der Waals surface area contributed by atoms with Crippen molar-refractivity contribution in [1.82, 2.24) is 4.90 Å². The highest BCUT2D eigenvalue weighted by Crippen LogP contribution is 2.30. The highest BCUT2D eigenvalue weighted by molar-refractivity contribution is 6.33. The average molecular weight is 340 g/mol. The fourth-order valence-electron chi connectivity index (χ4n) is 2.68. The Morgan fingerprint density at radius 3 is 2.70 bits per heavy atom. The second-order valence-corrected chi connectivity index (χ2v) is 6.61. The molecule has 1 atom stereocenters. The number of amides is 2. The molecule has 1 aliphatic rings. The molecule has 0 aliphatic carbocycles. The number of piperidine rings is 1. The van der Waals surface area contributed by atoms with Gasteiger partial charge in [-0.15, -0.1) is 0 Å². The normalized spacial score (nSPS) is 16.1. The number of halogens is 1. The summed E-state index contributed by atoms with van der Waals surface area (Å²) in [6.07, 6.45) is 3.81. The summed E-state index contributed by atoms with van der Waals surface area (Å²) in [6, 6.07) is 5.45. The molecule has 6 heteroatoms. The molecule has 1 saturated heterocycles. The van der Waals surface area contributed by atoms with Gasteiger partial charge in [-0.25, -0.2) is 4.79 Å². The standard InChI is InChI=1S/C17H26ClN3O2/c1-13(22)8-11-20(2)17(23)19-14-6-7-16(15(18)12-14)21-9-4-3-5-10-21/h6-7,12-13,22H,3-5,8-11H2,1-2H3,(H,19,23). The minimum atomic E-state index is -0.413. The predicted octanol–water partition coefficient (Wildman–Crippen LogP) is 3.56. The van der Waals surface area contributed by atoms with Gasteiger partial charge in [0.2, 0.25) is 0 Å². The summed E-state index contributed by atoms with van der Waals surface area (Å²) in [5, 5.41) is 12.8. The first-order valence-corrected chi connectivity index (χ1v) is 8.60. The number of benzene rings is 1. The third-order valence-electron chi connectivity index (χ3n) is 4.12. The Morgan fingerprint density at radius 1 is 1.39 bits per heavy atom. The van der Waals surface area contributed by atoms with Gasteiger partial charge in [0.1, 0.15) is 0 Å². The molecule has 1 aromatic rings. The molecular formula is C17H26ClN3O2. The van der Waals surface area contributed by atoms with Crippen molar-refractivity contribution in [1.29, 1.82) is 0 Å². The molecule has 1 heterocycles. The minimum absolute atomic E-state index is 0.201. The van der Waals surface area contributed by atoms with E-state index in [9.17, 15) is 9.90 Å². The monoisotopic (exact) mass is 339 g/mol. The molecule has 5 nitrogen and oxygen atoms in total. The molecule has 0 radical (unpaired) electrons. The number of nitrogens with one attached hydrogen (secondary N) is 1. The fraction of sp³-hybridized carbons (Fsp3) is 0.588. The van der Waals surface area contributed by atoms with E-state index in [2.05, 4.69) is 10.2 Å². The van der Waals surface area contributed by atoms with Crippen LogP contribution in [0.15, 0.2) is 18.2 Å². The smallest absolute Gasteiger partial charge is 0.321 e. The van der Waals surface area contributed by atoms with Crippen molar-refractivity contribution < 1.29 is 9.90 Å². The summed E-state index contributed by atoms with van der Waals surface area (Å²) < 4.78 is 0. The van der Waals surface area contributed by atoms with Crippen molar-refractivity contribution in [2.45, 2.75) is 38.7 Å². The third-order valence-corrected chi connectivity index (χ3v) is 4.43. The third kappa shape index (κ3) is 5.29. The molecule has 1 aromatic carbocycles. The summed E-state index contributed by atoms with van der Waals surface area (Å²) >= 11 is 6.39. The zero-order valence-electron chi connectivity index (χ0n) is 13.9. The Morgan fingerprint density at radius 2 is 2.09 bits per heavy atom. The molecule has 1 unspecified atom stereocenters. The van der Waals surface area contributed by atoms with Crippen LogP contribution in [0, 0.1) is 0 Å². The maximum atomic E-state index is 12.1. The van der Waals surface area contributed by atoms with Crippen LogP contribution in [0.25, 0.3) is 0 Å². The number of aliphatic hydroxyl groups excluding tert-OH is 1. The van der Waals surface area contributed by atoms with Gasteiger partial charge in [0.25, 0.3) is 0 Å². The van der Waals surface area contributed by atoms with Gasteiger partial charge in [0.15, 0.2) is 0 Å². The van der Waals surface area contributed by atoms with E-state index in [4.69, 9.17) is 11.6 Å². The quantitative estimate of drug-likeness (QED) is 0.862. The summed E-state index contributed by atoms with van der Waals surface area (Å²) in [5.41, 5.74) is 1.72. The number of hydrogen-bond acceptors (Lipinski definition) is 3. The van der Waals surface area contributed by atoms with E-state index in [1.54, 1.807) is 24.9 Å². The van der Waals surface area contributed by atoms with Crippen LogP contribution >= 0.6 is 11.6 Å².